The van der Waals surface area contributed by atoms with Crippen LogP contribution < -0.4 is 10.2 Å². The SMILES string of the molecule is CCNC(=NCC(C)CO)N1CCN(c2ccccc2Cl)CC1.I. The van der Waals surface area contributed by atoms with Gasteiger partial charge in [0.2, 0.25) is 0 Å². The minimum atomic E-state index is 0. The lowest BCUT2D eigenvalue weighted by molar-refractivity contribution is 0.241. The number of hydrogen-bond donors (Lipinski definition) is 2. The quantitative estimate of drug-likeness (QED) is 0.398. The number of aliphatic imine (C=N–C) groups is 1. The molecule has 2 N–H and O–H groups in total. The van der Waals surface area contributed by atoms with E-state index in [0.29, 0.717) is 6.54 Å². The number of anilines is 1. The number of benzene rings is 1. The van der Waals surface area contributed by atoms with Crippen molar-refractivity contribution in [3.8, 4) is 0 Å². The van der Waals surface area contributed by atoms with Gasteiger partial charge in [-0.1, -0.05) is 30.7 Å². The maximum atomic E-state index is 9.15. The molecule has 1 saturated heterocycles. The van der Waals surface area contributed by atoms with Gasteiger partial charge in [0, 0.05) is 45.9 Å². The monoisotopic (exact) mass is 466 g/mol. The highest BCUT2D eigenvalue weighted by atomic mass is 127. The number of guanidine groups is 1. The molecule has 1 heterocycles. The van der Waals surface area contributed by atoms with Crippen molar-refractivity contribution in [2.75, 3.05) is 50.8 Å². The first-order valence-corrected chi connectivity index (χ1v) is 8.67. The molecule has 5 nitrogen and oxygen atoms in total. The predicted molar refractivity (Wildman–Crippen MR) is 113 cm³/mol. The van der Waals surface area contributed by atoms with Crippen LogP contribution in [0.5, 0.6) is 0 Å². The third-order valence-corrected chi connectivity index (χ3v) is 4.29. The first kappa shape index (κ1) is 21.3. The van der Waals surface area contributed by atoms with E-state index in [1.807, 2.05) is 25.1 Å². The molecule has 0 bridgehead atoms. The Balaban J connectivity index is 0.00000288. The maximum absolute atomic E-state index is 9.15. The molecule has 1 atom stereocenters. The van der Waals surface area contributed by atoms with Crippen LogP contribution >= 0.6 is 35.6 Å². The summed E-state index contributed by atoms with van der Waals surface area (Å²) in [6.45, 7) is 9.39. The molecule has 24 heavy (non-hydrogen) atoms. The highest BCUT2D eigenvalue weighted by Crippen LogP contribution is 2.25. The number of nitrogens with zero attached hydrogens (tertiary/aromatic N) is 3. The molecule has 1 unspecified atom stereocenters. The van der Waals surface area contributed by atoms with Crippen molar-refractivity contribution in [2.24, 2.45) is 10.9 Å². The largest absolute Gasteiger partial charge is 0.396 e. The van der Waals surface area contributed by atoms with Crippen LogP contribution in [0.15, 0.2) is 29.3 Å². The van der Waals surface area contributed by atoms with Gasteiger partial charge in [-0.2, -0.15) is 0 Å². The molecule has 0 aromatic heterocycles. The van der Waals surface area contributed by atoms with Gasteiger partial charge < -0.3 is 20.2 Å². The molecule has 0 amide bonds. The van der Waals surface area contributed by atoms with Gasteiger partial charge in [-0.15, -0.1) is 24.0 Å². The number of aliphatic hydroxyl groups excluding tert-OH is 1. The van der Waals surface area contributed by atoms with Crippen molar-refractivity contribution in [2.45, 2.75) is 13.8 Å². The lowest BCUT2D eigenvalue weighted by atomic mass is 10.2. The zero-order valence-corrected chi connectivity index (χ0v) is 17.5. The van der Waals surface area contributed by atoms with Crippen LogP contribution in [0, 0.1) is 5.92 Å². The molecule has 1 aromatic rings. The molecule has 1 aliphatic rings. The van der Waals surface area contributed by atoms with Crippen molar-refractivity contribution in [1.82, 2.24) is 10.2 Å². The van der Waals surface area contributed by atoms with Crippen LogP contribution in [-0.4, -0.2) is 61.8 Å². The normalized spacial score (nSPS) is 16.6. The van der Waals surface area contributed by atoms with Crippen molar-refractivity contribution < 1.29 is 5.11 Å². The molecule has 0 saturated carbocycles. The van der Waals surface area contributed by atoms with E-state index in [-0.39, 0.29) is 36.5 Å². The fourth-order valence-corrected chi connectivity index (χ4v) is 2.85. The van der Waals surface area contributed by atoms with E-state index in [1.54, 1.807) is 0 Å². The average Bonchev–Trinajstić information content (AvgIpc) is 2.59. The fourth-order valence-electron chi connectivity index (χ4n) is 2.59. The number of hydrogen-bond acceptors (Lipinski definition) is 3. The van der Waals surface area contributed by atoms with Gasteiger partial charge in [0.1, 0.15) is 0 Å². The Kier molecular flexibility index (Phi) is 9.76. The van der Waals surface area contributed by atoms with E-state index in [9.17, 15) is 0 Å². The zero-order chi connectivity index (χ0) is 16.7. The lowest BCUT2D eigenvalue weighted by Gasteiger charge is -2.38. The summed E-state index contributed by atoms with van der Waals surface area (Å²) in [5, 5.41) is 13.3. The van der Waals surface area contributed by atoms with Gasteiger partial charge in [-0.05, 0) is 25.0 Å². The van der Waals surface area contributed by atoms with E-state index in [1.165, 1.54) is 0 Å². The van der Waals surface area contributed by atoms with Crippen molar-refractivity contribution in [3.05, 3.63) is 29.3 Å². The Labute approximate surface area is 167 Å². The third kappa shape index (κ3) is 5.97. The summed E-state index contributed by atoms with van der Waals surface area (Å²) in [6.07, 6.45) is 0. The van der Waals surface area contributed by atoms with Gasteiger partial charge in [-0.3, -0.25) is 4.99 Å². The van der Waals surface area contributed by atoms with E-state index < -0.39 is 0 Å². The topological polar surface area (TPSA) is 51.1 Å². The van der Waals surface area contributed by atoms with Crippen LogP contribution in [0.25, 0.3) is 0 Å². The number of aliphatic hydroxyl groups is 1. The highest BCUT2D eigenvalue weighted by molar-refractivity contribution is 14.0. The highest BCUT2D eigenvalue weighted by Gasteiger charge is 2.21. The van der Waals surface area contributed by atoms with E-state index >= 15 is 0 Å². The van der Waals surface area contributed by atoms with Crippen molar-refractivity contribution >= 4 is 47.2 Å². The molecule has 136 valence electrons. The smallest absolute Gasteiger partial charge is 0.194 e. The lowest BCUT2D eigenvalue weighted by Crippen LogP contribution is -2.52. The van der Waals surface area contributed by atoms with Gasteiger partial charge in [0.25, 0.3) is 0 Å². The van der Waals surface area contributed by atoms with Crippen molar-refractivity contribution in [3.63, 3.8) is 0 Å². The molecule has 0 aliphatic carbocycles. The molecule has 1 aromatic carbocycles. The summed E-state index contributed by atoms with van der Waals surface area (Å²) in [6, 6.07) is 7.99. The minimum Gasteiger partial charge on any atom is -0.396 e. The molecule has 1 fully saturated rings. The maximum Gasteiger partial charge on any atom is 0.194 e. The third-order valence-electron chi connectivity index (χ3n) is 3.97. The molecular formula is C17H28ClIN4O. The molecule has 7 heteroatoms. The Morgan fingerprint density at radius 1 is 1.29 bits per heavy atom. The standard InChI is InChI=1S/C17H27ClN4O.HI/c1-3-19-17(20-12-14(2)13-23)22-10-8-21(9-11-22)16-7-5-4-6-15(16)18;/h4-7,14,23H,3,8-13H2,1-2H3,(H,19,20);1H. The number of rotatable bonds is 5. The van der Waals surface area contributed by atoms with E-state index in [2.05, 4.69) is 33.1 Å². The van der Waals surface area contributed by atoms with Crippen LogP contribution in [0.1, 0.15) is 13.8 Å². The number of halogens is 2. The summed E-state index contributed by atoms with van der Waals surface area (Å²) in [5.74, 6) is 1.12. The molecule has 2 rings (SSSR count). The Hall–Kier alpha value is -0.730. The summed E-state index contributed by atoms with van der Waals surface area (Å²) >= 11 is 6.29. The Bertz CT molecular complexity index is 521. The molecule has 0 radical (unpaired) electrons. The summed E-state index contributed by atoms with van der Waals surface area (Å²) in [5.41, 5.74) is 1.10. The molecule has 0 spiro atoms. The Morgan fingerprint density at radius 2 is 1.96 bits per heavy atom. The van der Waals surface area contributed by atoms with Crippen LogP contribution in [0.3, 0.4) is 0 Å². The van der Waals surface area contributed by atoms with Gasteiger partial charge >= 0.3 is 0 Å². The first-order valence-electron chi connectivity index (χ1n) is 8.29. The Morgan fingerprint density at radius 3 is 2.54 bits per heavy atom. The second-order valence-corrected chi connectivity index (χ2v) is 6.32. The van der Waals surface area contributed by atoms with Crippen molar-refractivity contribution in [1.29, 1.82) is 0 Å². The first-order chi connectivity index (χ1) is 11.2. The summed E-state index contributed by atoms with van der Waals surface area (Å²) in [7, 11) is 0. The minimum absolute atomic E-state index is 0. The predicted octanol–water partition coefficient (Wildman–Crippen LogP) is 2.67. The summed E-state index contributed by atoms with van der Waals surface area (Å²) < 4.78 is 0. The van der Waals surface area contributed by atoms with Gasteiger partial charge in [0.15, 0.2) is 5.96 Å². The van der Waals surface area contributed by atoms with Gasteiger partial charge in [-0.25, -0.2) is 0 Å². The van der Waals surface area contributed by atoms with Gasteiger partial charge in [0.05, 0.1) is 10.7 Å². The van der Waals surface area contributed by atoms with E-state index in [0.717, 1.165) is 49.4 Å². The average molecular weight is 467 g/mol. The van der Waals surface area contributed by atoms with Crippen LogP contribution in [-0.2, 0) is 0 Å². The summed E-state index contributed by atoms with van der Waals surface area (Å²) in [4.78, 5) is 9.25. The van der Waals surface area contributed by atoms with Crippen LogP contribution in [0.4, 0.5) is 5.69 Å². The number of nitrogens with one attached hydrogen (secondary N) is 1. The second kappa shape index (κ2) is 11.0. The van der Waals surface area contributed by atoms with Crippen LogP contribution in [0.2, 0.25) is 5.02 Å². The number of piperazine rings is 1. The number of para-hydroxylation sites is 1. The second-order valence-electron chi connectivity index (χ2n) is 5.91. The molecular weight excluding hydrogens is 439 g/mol. The zero-order valence-electron chi connectivity index (χ0n) is 14.4. The molecule has 1 aliphatic heterocycles. The van der Waals surface area contributed by atoms with E-state index in [4.69, 9.17) is 16.7 Å². The fraction of sp³-hybridized carbons (Fsp3) is 0.588.